The lowest BCUT2D eigenvalue weighted by Crippen LogP contribution is -2.31. The zero-order valence-electron chi connectivity index (χ0n) is 14.2. The zero-order chi connectivity index (χ0) is 17.8. The van der Waals surface area contributed by atoms with Crippen LogP contribution in [0.25, 0.3) is 11.3 Å². The fourth-order valence-electron chi connectivity index (χ4n) is 3.09. The number of hydrogen-bond acceptors (Lipinski definition) is 5. The number of ether oxygens (including phenoxy) is 1. The van der Waals surface area contributed by atoms with E-state index in [9.17, 15) is 14.9 Å². The summed E-state index contributed by atoms with van der Waals surface area (Å²) in [5.41, 5.74) is 2.09. The van der Waals surface area contributed by atoms with Gasteiger partial charge in [0.05, 0.1) is 11.5 Å². The molecule has 1 aliphatic heterocycles. The van der Waals surface area contributed by atoms with Crippen molar-refractivity contribution in [3.05, 3.63) is 46.0 Å². The second-order valence-corrected chi connectivity index (χ2v) is 6.02. The predicted octanol–water partition coefficient (Wildman–Crippen LogP) is 3.76. The van der Waals surface area contributed by atoms with E-state index in [0.29, 0.717) is 12.2 Å². The minimum absolute atomic E-state index is 0.0391. The average Bonchev–Trinajstić information content (AvgIpc) is 3.08. The van der Waals surface area contributed by atoms with Crippen LogP contribution in [0.2, 0.25) is 0 Å². The Morgan fingerprint density at radius 1 is 1.24 bits per heavy atom. The van der Waals surface area contributed by atoms with Crippen molar-refractivity contribution in [3.8, 4) is 11.3 Å². The van der Waals surface area contributed by atoms with Gasteiger partial charge in [-0.1, -0.05) is 0 Å². The van der Waals surface area contributed by atoms with Gasteiger partial charge < -0.3 is 14.6 Å². The van der Waals surface area contributed by atoms with Crippen LogP contribution in [0.4, 0.5) is 11.5 Å². The van der Waals surface area contributed by atoms with Crippen molar-refractivity contribution in [2.75, 3.05) is 24.6 Å². The summed E-state index contributed by atoms with van der Waals surface area (Å²) in [7, 11) is 0. The van der Waals surface area contributed by atoms with E-state index in [4.69, 9.17) is 4.74 Å². The highest BCUT2D eigenvalue weighted by Crippen LogP contribution is 2.30. The monoisotopic (exact) mass is 343 g/mol. The molecule has 7 heteroatoms. The molecule has 1 fully saturated rings. The summed E-state index contributed by atoms with van der Waals surface area (Å²) in [5.74, 6) is 0.416. The maximum Gasteiger partial charge on any atom is 0.341 e. The quantitative estimate of drug-likeness (QED) is 0.507. The molecular weight excluding hydrogens is 322 g/mol. The van der Waals surface area contributed by atoms with Gasteiger partial charge in [0.2, 0.25) is 0 Å². The molecule has 7 nitrogen and oxygen atoms in total. The Kier molecular flexibility index (Phi) is 5.02. The molecular formula is C18H21N3O4. The van der Waals surface area contributed by atoms with Gasteiger partial charge in [-0.05, 0) is 49.9 Å². The van der Waals surface area contributed by atoms with Crippen LogP contribution in [-0.2, 0) is 4.74 Å². The lowest BCUT2D eigenvalue weighted by molar-refractivity contribution is -0.384. The topological polar surface area (TPSA) is 88.5 Å². The van der Waals surface area contributed by atoms with Crippen LogP contribution >= 0.6 is 0 Å². The van der Waals surface area contributed by atoms with E-state index in [2.05, 4.69) is 9.88 Å². The smallest absolute Gasteiger partial charge is 0.341 e. The molecule has 1 saturated heterocycles. The first-order valence-corrected chi connectivity index (χ1v) is 8.50. The zero-order valence-corrected chi connectivity index (χ0v) is 14.2. The molecule has 0 saturated carbocycles. The third-order valence-corrected chi connectivity index (χ3v) is 4.35. The lowest BCUT2D eigenvalue weighted by atomic mass is 10.1. The number of rotatable bonds is 5. The number of nitrogens with one attached hydrogen (secondary N) is 1. The van der Waals surface area contributed by atoms with E-state index in [0.717, 1.165) is 43.0 Å². The average molecular weight is 343 g/mol. The first kappa shape index (κ1) is 17.0. The molecule has 132 valence electrons. The van der Waals surface area contributed by atoms with E-state index >= 15 is 0 Å². The summed E-state index contributed by atoms with van der Waals surface area (Å²) in [4.78, 5) is 28.2. The number of nitro groups is 1. The van der Waals surface area contributed by atoms with Gasteiger partial charge in [-0.25, -0.2) is 4.79 Å². The first-order chi connectivity index (χ1) is 12.1. The van der Waals surface area contributed by atoms with Crippen LogP contribution in [0.15, 0.2) is 30.3 Å². The Morgan fingerprint density at radius 2 is 1.92 bits per heavy atom. The van der Waals surface area contributed by atoms with Crippen LogP contribution in [0.3, 0.4) is 0 Å². The number of aromatic amines is 1. The Bertz CT molecular complexity index is 761. The van der Waals surface area contributed by atoms with E-state index in [1.807, 2.05) is 0 Å². The number of H-pyrrole nitrogens is 1. The van der Waals surface area contributed by atoms with Crippen LogP contribution in [0.1, 0.15) is 36.5 Å². The number of nitrogens with zero attached hydrogens (tertiary/aromatic N) is 2. The number of carbonyl (C=O) groups is 1. The van der Waals surface area contributed by atoms with Crippen molar-refractivity contribution in [3.63, 3.8) is 0 Å². The maximum atomic E-state index is 12.3. The number of esters is 1. The fourth-order valence-corrected chi connectivity index (χ4v) is 3.09. The SMILES string of the molecule is CCOC(=O)c1cc(-c2ccc([N+](=O)[O-])cc2)[nH]c1N1CCCCC1. The number of hydrogen-bond donors (Lipinski definition) is 1. The Balaban J connectivity index is 1.96. The largest absolute Gasteiger partial charge is 0.462 e. The van der Waals surface area contributed by atoms with Gasteiger partial charge in [-0.15, -0.1) is 0 Å². The van der Waals surface area contributed by atoms with E-state index in [-0.39, 0.29) is 11.7 Å². The van der Waals surface area contributed by atoms with Gasteiger partial charge in [0.15, 0.2) is 0 Å². The molecule has 0 aliphatic carbocycles. The minimum atomic E-state index is -0.429. The molecule has 2 heterocycles. The Morgan fingerprint density at radius 3 is 2.52 bits per heavy atom. The number of benzene rings is 1. The summed E-state index contributed by atoms with van der Waals surface area (Å²) in [6.07, 6.45) is 3.38. The molecule has 25 heavy (non-hydrogen) atoms. The van der Waals surface area contributed by atoms with E-state index in [1.165, 1.54) is 18.6 Å². The molecule has 0 spiro atoms. The van der Waals surface area contributed by atoms with Crippen LogP contribution < -0.4 is 4.90 Å². The van der Waals surface area contributed by atoms with Crippen molar-refractivity contribution in [1.29, 1.82) is 0 Å². The normalized spacial score (nSPS) is 14.4. The second-order valence-electron chi connectivity index (χ2n) is 6.02. The van der Waals surface area contributed by atoms with Gasteiger partial charge in [0.1, 0.15) is 11.4 Å². The van der Waals surface area contributed by atoms with Gasteiger partial charge in [-0.2, -0.15) is 0 Å². The highest BCUT2D eigenvalue weighted by Gasteiger charge is 2.23. The van der Waals surface area contributed by atoms with Crippen LogP contribution in [0, 0.1) is 10.1 Å². The predicted molar refractivity (Wildman–Crippen MR) is 94.9 cm³/mol. The lowest BCUT2D eigenvalue weighted by Gasteiger charge is -2.28. The third-order valence-electron chi connectivity index (χ3n) is 4.35. The number of non-ortho nitro benzene ring substituents is 1. The summed E-state index contributed by atoms with van der Waals surface area (Å²) in [6, 6.07) is 8.04. The number of anilines is 1. The molecule has 1 aromatic heterocycles. The standard InChI is InChI=1S/C18H21N3O4/c1-2-25-18(22)15-12-16(13-6-8-14(9-7-13)21(23)24)19-17(15)20-10-4-3-5-11-20/h6-9,12,19H,2-5,10-11H2,1H3. The third kappa shape index (κ3) is 3.65. The van der Waals surface area contributed by atoms with Crippen molar-refractivity contribution >= 4 is 17.5 Å². The molecule has 0 amide bonds. The van der Waals surface area contributed by atoms with Crippen molar-refractivity contribution in [2.45, 2.75) is 26.2 Å². The molecule has 0 bridgehead atoms. The van der Waals surface area contributed by atoms with E-state index in [1.54, 1.807) is 25.1 Å². The Hall–Kier alpha value is -2.83. The van der Waals surface area contributed by atoms with Gasteiger partial charge in [-0.3, -0.25) is 10.1 Å². The summed E-state index contributed by atoms with van der Waals surface area (Å²) in [6.45, 7) is 3.89. The summed E-state index contributed by atoms with van der Waals surface area (Å²) < 4.78 is 5.18. The number of piperidine rings is 1. The maximum absolute atomic E-state index is 12.3. The van der Waals surface area contributed by atoms with Crippen LogP contribution in [-0.4, -0.2) is 35.6 Å². The van der Waals surface area contributed by atoms with Crippen molar-refractivity contribution < 1.29 is 14.5 Å². The number of nitro benzene ring substituents is 1. The first-order valence-electron chi connectivity index (χ1n) is 8.50. The fraction of sp³-hybridized carbons (Fsp3) is 0.389. The summed E-state index contributed by atoms with van der Waals surface area (Å²) in [5, 5.41) is 10.8. The summed E-state index contributed by atoms with van der Waals surface area (Å²) >= 11 is 0. The van der Waals surface area contributed by atoms with Gasteiger partial charge >= 0.3 is 5.97 Å². The van der Waals surface area contributed by atoms with Crippen molar-refractivity contribution in [1.82, 2.24) is 4.98 Å². The molecule has 0 radical (unpaired) electrons. The molecule has 1 N–H and O–H groups in total. The molecule has 0 unspecified atom stereocenters. The van der Waals surface area contributed by atoms with Crippen LogP contribution in [0.5, 0.6) is 0 Å². The highest BCUT2D eigenvalue weighted by molar-refractivity contribution is 5.97. The minimum Gasteiger partial charge on any atom is -0.462 e. The number of aromatic nitrogens is 1. The second kappa shape index (κ2) is 7.38. The molecule has 2 aromatic rings. The highest BCUT2D eigenvalue weighted by atomic mass is 16.6. The van der Waals surface area contributed by atoms with Gasteiger partial charge in [0.25, 0.3) is 5.69 Å². The molecule has 0 atom stereocenters. The molecule has 1 aromatic carbocycles. The number of carbonyl (C=O) groups excluding carboxylic acids is 1. The van der Waals surface area contributed by atoms with Crippen molar-refractivity contribution in [2.24, 2.45) is 0 Å². The molecule has 3 rings (SSSR count). The Labute approximate surface area is 145 Å². The van der Waals surface area contributed by atoms with E-state index < -0.39 is 4.92 Å². The van der Waals surface area contributed by atoms with Gasteiger partial charge in [0, 0.05) is 30.9 Å². The molecule has 1 aliphatic rings.